The maximum Gasteiger partial charge on any atom is 0.0807 e. The first-order valence-corrected chi connectivity index (χ1v) is 6.66. The molecule has 1 atom stereocenters. The van der Waals surface area contributed by atoms with Crippen LogP contribution in [-0.4, -0.2) is 31.4 Å². The summed E-state index contributed by atoms with van der Waals surface area (Å²) in [5.74, 6) is 0. The lowest BCUT2D eigenvalue weighted by atomic mass is 10.0. The summed E-state index contributed by atoms with van der Waals surface area (Å²) in [6, 6.07) is 8.00. The lowest BCUT2D eigenvalue weighted by molar-refractivity contribution is 0.0845. The Morgan fingerprint density at radius 3 is 2.56 bits per heavy atom. The monoisotopic (exact) mass is 251 g/mol. The van der Waals surface area contributed by atoms with Gasteiger partial charge in [-0.1, -0.05) is 25.1 Å². The first-order valence-electron chi connectivity index (χ1n) is 6.66. The molecule has 0 aliphatic carbocycles. The van der Waals surface area contributed by atoms with E-state index >= 15 is 0 Å². The van der Waals surface area contributed by atoms with E-state index in [-0.39, 0.29) is 6.10 Å². The fraction of sp³-hybridized carbons (Fsp3) is 0.600. The molecule has 1 aromatic carbocycles. The third-order valence-corrected chi connectivity index (χ3v) is 2.97. The second-order valence-electron chi connectivity index (χ2n) is 4.82. The Hall–Kier alpha value is -1.06. The Labute approximate surface area is 110 Å². The lowest BCUT2D eigenvalue weighted by Gasteiger charge is -2.24. The van der Waals surface area contributed by atoms with Crippen LogP contribution in [0, 0.1) is 0 Å². The molecule has 0 aliphatic heterocycles. The molecule has 1 unspecified atom stereocenters. The first kappa shape index (κ1) is 15.0. The van der Waals surface area contributed by atoms with Crippen LogP contribution in [0.5, 0.6) is 0 Å². The normalized spacial score (nSPS) is 12.8. The Bertz CT molecular complexity index is 352. The zero-order chi connectivity index (χ0) is 13.5. The van der Waals surface area contributed by atoms with Crippen molar-refractivity contribution in [2.75, 3.05) is 25.1 Å². The molecule has 0 heterocycles. The van der Waals surface area contributed by atoms with Gasteiger partial charge in [0, 0.05) is 24.8 Å². The minimum atomic E-state index is -0.394. The third-order valence-electron chi connectivity index (χ3n) is 2.97. The van der Waals surface area contributed by atoms with E-state index in [9.17, 15) is 5.11 Å². The van der Waals surface area contributed by atoms with Gasteiger partial charge in [-0.05, 0) is 26.3 Å². The van der Waals surface area contributed by atoms with Crippen molar-refractivity contribution in [1.82, 2.24) is 0 Å². The summed E-state index contributed by atoms with van der Waals surface area (Å²) in [5.41, 5.74) is 2.08. The minimum Gasteiger partial charge on any atom is -0.388 e. The van der Waals surface area contributed by atoms with Crippen molar-refractivity contribution in [2.24, 2.45) is 0 Å². The molecule has 0 aliphatic rings. The molecule has 0 amide bonds. The summed E-state index contributed by atoms with van der Waals surface area (Å²) in [5, 5.41) is 10.0. The van der Waals surface area contributed by atoms with Crippen LogP contribution in [0.4, 0.5) is 5.69 Å². The Morgan fingerprint density at radius 2 is 1.94 bits per heavy atom. The SMILES string of the molecule is CCC(O)c1ccccc1N(C)CCOC(C)C. The highest BCUT2D eigenvalue weighted by molar-refractivity contribution is 5.54. The summed E-state index contributed by atoms with van der Waals surface area (Å²) in [6.07, 6.45) is 0.595. The molecular weight excluding hydrogens is 226 g/mol. The highest BCUT2D eigenvalue weighted by atomic mass is 16.5. The van der Waals surface area contributed by atoms with Crippen molar-refractivity contribution < 1.29 is 9.84 Å². The number of aliphatic hydroxyl groups is 1. The predicted octanol–water partition coefficient (Wildman–Crippen LogP) is 2.99. The van der Waals surface area contributed by atoms with E-state index in [1.54, 1.807) is 0 Å². The topological polar surface area (TPSA) is 32.7 Å². The van der Waals surface area contributed by atoms with E-state index in [0.717, 1.165) is 24.2 Å². The van der Waals surface area contributed by atoms with E-state index < -0.39 is 6.10 Å². The molecule has 102 valence electrons. The number of para-hydroxylation sites is 1. The Balaban J connectivity index is 2.69. The van der Waals surface area contributed by atoms with Crippen LogP contribution in [-0.2, 0) is 4.74 Å². The van der Waals surface area contributed by atoms with Gasteiger partial charge in [0.2, 0.25) is 0 Å². The van der Waals surface area contributed by atoms with Gasteiger partial charge in [0.1, 0.15) is 0 Å². The van der Waals surface area contributed by atoms with Gasteiger partial charge in [-0.3, -0.25) is 0 Å². The highest BCUT2D eigenvalue weighted by Gasteiger charge is 2.12. The number of anilines is 1. The summed E-state index contributed by atoms with van der Waals surface area (Å²) in [7, 11) is 2.03. The highest BCUT2D eigenvalue weighted by Crippen LogP contribution is 2.27. The zero-order valence-electron chi connectivity index (χ0n) is 11.9. The Morgan fingerprint density at radius 1 is 1.28 bits per heavy atom. The van der Waals surface area contributed by atoms with Gasteiger partial charge in [-0.2, -0.15) is 0 Å². The van der Waals surface area contributed by atoms with Crippen LogP contribution in [0.15, 0.2) is 24.3 Å². The maximum atomic E-state index is 10.0. The van der Waals surface area contributed by atoms with E-state index in [1.165, 1.54) is 0 Å². The summed E-state index contributed by atoms with van der Waals surface area (Å²) < 4.78 is 5.56. The molecule has 1 N–H and O–H groups in total. The van der Waals surface area contributed by atoms with Gasteiger partial charge in [-0.15, -0.1) is 0 Å². The van der Waals surface area contributed by atoms with E-state index in [1.807, 2.05) is 52.1 Å². The molecule has 0 bridgehead atoms. The van der Waals surface area contributed by atoms with Gasteiger partial charge >= 0.3 is 0 Å². The maximum absolute atomic E-state index is 10.0. The number of likely N-dealkylation sites (N-methyl/N-ethyl adjacent to an activating group) is 1. The van der Waals surface area contributed by atoms with Crippen LogP contribution in [0.3, 0.4) is 0 Å². The minimum absolute atomic E-state index is 0.259. The van der Waals surface area contributed by atoms with Gasteiger partial charge in [0.15, 0.2) is 0 Å². The van der Waals surface area contributed by atoms with Crippen LogP contribution in [0.2, 0.25) is 0 Å². The molecule has 3 heteroatoms. The van der Waals surface area contributed by atoms with Crippen LogP contribution >= 0.6 is 0 Å². The number of ether oxygens (including phenoxy) is 1. The van der Waals surface area contributed by atoms with Crippen molar-refractivity contribution in [3.8, 4) is 0 Å². The molecule has 18 heavy (non-hydrogen) atoms. The molecule has 0 radical (unpaired) electrons. The zero-order valence-corrected chi connectivity index (χ0v) is 11.9. The predicted molar refractivity (Wildman–Crippen MR) is 76.1 cm³/mol. The van der Waals surface area contributed by atoms with E-state index in [4.69, 9.17) is 4.74 Å². The smallest absolute Gasteiger partial charge is 0.0807 e. The standard InChI is InChI=1S/C15H25NO2/c1-5-15(17)13-8-6-7-9-14(13)16(4)10-11-18-12(2)3/h6-9,12,15,17H,5,10-11H2,1-4H3. The summed E-state index contributed by atoms with van der Waals surface area (Å²) in [6.45, 7) is 7.59. The fourth-order valence-corrected chi connectivity index (χ4v) is 1.88. The molecule has 1 aromatic rings. The summed E-state index contributed by atoms with van der Waals surface area (Å²) >= 11 is 0. The average molecular weight is 251 g/mol. The fourth-order valence-electron chi connectivity index (χ4n) is 1.88. The largest absolute Gasteiger partial charge is 0.388 e. The number of hydrogen-bond acceptors (Lipinski definition) is 3. The molecular formula is C15H25NO2. The van der Waals surface area contributed by atoms with Crippen molar-refractivity contribution >= 4 is 5.69 Å². The lowest BCUT2D eigenvalue weighted by Crippen LogP contribution is -2.25. The van der Waals surface area contributed by atoms with Crippen LogP contribution < -0.4 is 4.90 Å². The molecule has 0 saturated carbocycles. The molecule has 0 fully saturated rings. The number of hydrogen-bond donors (Lipinski definition) is 1. The van der Waals surface area contributed by atoms with Gasteiger partial charge < -0.3 is 14.7 Å². The number of nitrogens with zero attached hydrogens (tertiary/aromatic N) is 1. The van der Waals surface area contributed by atoms with Crippen LogP contribution in [0.1, 0.15) is 38.9 Å². The molecule has 0 saturated heterocycles. The average Bonchev–Trinajstić information content (AvgIpc) is 2.37. The van der Waals surface area contributed by atoms with Crippen molar-refractivity contribution in [3.05, 3.63) is 29.8 Å². The molecule has 0 spiro atoms. The van der Waals surface area contributed by atoms with Crippen molar-refractivity contribution in [1.29, 1.82) is 0 Å². The quantitative estimate of drug-likeness (QED) is 0.808. The second kappa shape index (κ2) is 7.39. The Kier molecular flexibility index (Phi) is 6.16. The number of benzene rings is 1. The molecule has 3 nitrogen and oxygen atoms in total. The number of aliphatic hydroxyl groups excluding tert-OH is 1. The van der Waals surface area contributed by atoms with Gasteiger partial charge in [0.25, 0.3) is 0 Å². The van der Waals surface area contributed by atoms with E-state index in [0.29, 0.717) is 6.61 Å². The van der Waals surface area contributed by atoms with Gasteiger partial charge in [-0.25, -0.2) is 0 Å². The van der Waals surface area contributed by atoms with Crippen LogP contribution in [0.25, 0.3) is 0 Å². The molecule has 0 aromatic heterocycles. The first-order chi connectivity index (χ1) is 8.56. The molecule has 1 rings (SSSR count). The van der Waals surface area contributed by atoms with Crippen molar-refractivity contribution in [2.45, 2.75) is 39.4 Å². The second-order valence-corrected chi connectivity index (χ2v) is 4.82. The van der Waals surface area contributed by atoms with Gasteiger partial charge in [0.05, 0.1) is 18.8 Å². The number of rotatable bonds is 7. The van der Waals surface area contributed by atoms with Crippen molar-refractivity contribution in [3.63, 3.8) is 0 Å². The van der Waals surface area contributed by atoms with E-state index in [2.05, 4.69) is 4.90 Å². The summed E-state index contributed by atoms with van der Waals surface area (Å²) in [4.78, 5) is 2.14. The third kappa shape index (κ3) is 4.31.